The van der Waals surface area contributed by atoms with E-state index in [0.29, 0.717) is 22.8 Å². The van der Waals surface area contributed by atoms with E-state index in [1.807, 2.05) is 31.2 Å². The van der Waals surface area contributed by atoms with Crippen LogP contribution in [0.1, 0.15) is 29.5 Å². The second kappa shape index (κ2) is 16.9. The molecule has 0 heterocycles. The number of rotatable bonds is 16. The molecular weight excluding hydrogens is 575 g/mol. The van der Waals surface area contributed by atoms with Crippen molar-refractivity contribution in [1.29, 1.82) is 0 Å². The fraction of sp³-hybridized carbons (Fsp3) is 0.370. The SMILES string of the molecule is C#Cc1ccccc1CN(C(=O)CCNC(=O)C(CNC(=O)CCSSCCO)S(=O)(=O)O)c1ccccc1C. The molecule has 216 valence electrons. The van der Waals surface area contributed by atoms with Crippen LogP contribution in [0.2, 0.25) is 0 Å². The molecule has 0 aliphatic rings. The molecular formula is C27H33N3O7S3. The van der Waals surface area contributed by atoms with Gasteiger partial charge in [0.05, 0.1) is 13.2 Å². The van der Waals surface area contributed by atoms with Crippen LogP contribution in [0.5, 0.6) is 0 Å². The fourth-order valence-electron chi connectivity index (χ4n) is 3.60. The highest BCUT2D eigenvalue weighted by Gasteiger charge is 2.31. The third-order valence-corrected chi connectivity index (χ3v) is 9.14. The van der Waals surface area contributed by atoms with E-state index in [2.05, 4.69) is 16.6 Å². The van der Waals surface area contributed by atoms with Gasteiger partial charge in [-0.1, -0.05) is 63.9 Å². The Balaban J connectivity index is 2.02. The van der Waals surface area contributed by atoms with E-state index in [1.54, 1.807) is 29.2 Å². The molecule has 3 amide bonds. The first kappa shape index (κ1) is 33.2. The number of nitrogens with zero attached hydrogens (tertiary/aromatic N) is 1. The Morgan fingerprint density at radius 1 is 1.02 bits per heavy atom. The number of terminal acetylenes is 1. The molecule has 0 aromatic heterocycles. The number of benzene rings is 2. The van der Waals surface area contributed by atoms with Crippen molar-refractivity contribution in [1.82, 2.24) is 10.6 Å². The molecule has 2 aromatic carbocycles. The molecule has 2 rings (SSSR count). The Morgan fingerprint density at radius 3 is 2.38 bits per heavy atom. The number of aliphatic hydroxyl groups excluding tert-OH is 1. The summed E-state index contributed by atoms with van der Waals surface area (Å²) < 4.78 is 33.2. The topological polar surface area (TPSA) is 153 Å². The molecule has 0 aliphatic carbocycles. The van der Waals surface area contributed by atoms with E-state index in [1.165, 1.54) is 21.6 Å². The number of aryl methyl sites for hydroxylation is 1. The summed E-state index contributed by atoms with van der Waals surface area (Å²) in [4.78, 5) is 39.5. The van der Waals surface area contributed by atoms with Crippen LogP contribution in [0, 0.1) is 19.3 Å². The molecule has 1 unspecified atom stereocenters. The van der Waals surface area contributed by atoms with Crippen molar-refractivity contribution in [2.45, 2.75) is 31.6 Å². The van der Waals surface area contributed by atoms with E-state index < -0.39 is 33.7 Å². The fourth-order valence-corrected chi connectivity index (χ4v) is 6.01. The number of hydrogen-bond donors (Lipinski definition) is 4. The summed E-state index contributed by atoms with van der Waals surface area (Å²) in [5, 5.41) is 11.5. The molecule has 0 saturated carbocycles. The first-order chi connectivity index (χ1) is 19.1. The van der Waals surface area contributed by atoms with Crippen LogP contribution in [-0.4, -0.2) is 72.3 Å². The largest absolute Gasteiger partial charge is 0.395 e. The highest BCUT2D eigenvalue weighted by atomic mass is 33.1. The number of carbonyl (C=O) groups is 3. The molecule has 0 saturated heterocycles. The first-order valence-electron chi connectivity index (χ1n) is 12.3. The predicted octanol–water partition coefficient (Wildman–Crippen LogP) is 2.15. The van der Waals surface area contributed by atoms with Crippen molar-refractivity contribution in [2.75, 3.05) is 36.1 Å². The number of amides is 3. The van der Waals surface area contributed by atoms with Gasteiger partial charge in [0.15, 0.2) is 5.25 Å². The maximum Gasteiger partial charge on any atom is 0.278 e. The Bertz CT molecular complexity index is 1310. The summed E-state index contributed by atoms with van der Waals surface area (Å²) in [5.41, 5.74) is 2.92. The number of carbonyl (C=O) groups excluding carboxylic acids is 3. The van der Waals surface area contributed by atoms with Crippen molar-refractivity contribution in [3.05, 3.63) is 65.2 Å². The average Bonchev–Trinajstić information content (AvgIpc) is 2.91. The molecule has 2 aromatic rings. The van der Waals surface area contributed by atoms with Gasteiger partial charge in [-0.2, -0.15) is 8.42 Å². The summed E-state index contributed by atoms with van der Waals surface area (Å²) in [5.74, 6) is 1.68. The second-order valence-electron chi connectivity index (χ2n) is 8.53. The van der Waals surface area contributed by atoms with Crippen LogP contribution in [0.3, 0.4) is 0 Å². The normalized spacial score (nSPS) is 11.8. The molecule has 4 N–H and O–H groups in total. The lowest BCUT2D eigenvalue weighted by Gasteiger charge is -2.25. The number of anilines is 1. The molecule has 13 heteroatoms. The minimum Gasteiger partial charge on any atom is -0.395 e. The zero-order chi connectivity index (χ0) is 29.5. The Kier molecular flexibility index (Phi) is 14.1. The third-order valence-electron chi connectivity index (χ3n) is 5.65. The van der Waals surface area contributed by atoms with Gasteiger partial charge >= 0.3 is 0 Å². The average molecular weight is 608 g/mol. The maximum absolute atomic E-state index is 13.3. The summed E-state index contributed by atoms with van der Waals surface area (Å²) in [7, 11) is -2.07. The van der Waals surface area contributed by atoms with E-state index in [0.717, 1.165) is 11.1 Å². The molecule has 10 nitrogen and oxygen atoms in total. The number of hydrogen-bond acceptors (Lipinski definition) is 8. The minimum atomic E-state index is -4.83. The molecule has 0 bridgehead atoms. The summed E-state index contributed by atoms with van der Waals surface area (Å²) in [6, 6.07) is 14.5. The molecule has 1 atom stereocenters. The summed E-state index contributed by atoms with van der Waals surface area (Å²) >= 11 is 0. The van der Waals surface area contributed by atoms with Gasteiger partial charge in [0.2, 0.25) is 17.7 Å². The van der Waals surface area contributed by atoms with Gasteiger partial charge < -0.3 is 20.6 Å². The zero-order valence-corrected chi connectivity index (χ0v) is 24.5. The maximum atomic E-state index is 13.3. The zero-order valence-electron chi connectivity index (χ0n) is 22.0. The van der Waals surface area contributed by atoms with Gasteiger partial charge in [0.1, 0.15) is 0 Å². The second-order valence-corrected chi connectivity index (χ2v) is 12.8. The molecule has 0 spiro atoms. The summed E-state index contributed by atoms with van der Waals surface area (Å²) in [6.45, 7) is 1.25. The van der Waals surface area contributed by atoms with Gasteiger partial charge in [0.25, 0.3) is 10.1 Å². The van der Waals surface area contributed by atoms with Crippen molar-refractivity contribution in [3.63, 3.8) is 0 Å². The Hall–Kier alpha value is -3.02. The number of aliphatic hydroxyl groups is 1. The van der Waals surface area contributed by atoms with E-state index >= 15 is 0 Å². The monoisotopic (exact) mass is 607 g/mol. The van der Waals surface area contributed by atoms with Crippen molar-refractivity contribution < 1.29 is 32.5 Å². The van der Waals surface area contributed by atoms with Crippen LogP contribution in [0.4, 0.5) is 5.69 Å². The number of nitrogens with one attached hydrogen (secondary N) is 2. The highest BCUT2D eigenvalue weighted by Crippen LogP contribution is 2.24. The Labute approximate surface area is 242 Å². The van der Waals surface area contributed by atoms with Gasteiger partial charge in [0, 0.05) is 48.7 Å². The third kappa shape index (κ3) is 10.9. The van der Waals surface area contributed by atoms with Gasteiger partial charge in [-0.25, -0.2) is 0 Å². The van der Waals surface area contributed by atoms with Gasteiger partial charge in [-0.05, 0) is 30.2 Å². The van der Waals surface area contributed by atoms with Crippen LogP contribution >= 0.6 is 21.6 Å². The van der Waals surface area contributed by atoms with Crippen LogP contribution in [-0.2, 0) is 31.0 Å². The smallest absolute Gasteiger partial charge is 0.278 e. The first-order valence-corrected chi connectivity index (χ1v) is 16.3. The summed E-state index contributed by atoms with van der Waals surface area (Å²) in [6.07, 6.45) is 5.53. The molecule has 0 radical (unpaired) electrons. The quantitative estimate of drug-likeness (QED) is 0.0973. The predicted molar refractivity (Wildman–Crippen MR) is 159 cm³/mol. The van der Waals surface area contributed by atoms with Crippen molar-refractivity contribution >= 4 is 55.1 Å². The lowest BCUT2D eigenvalue weighted by atomic mass is 10.1. The van der Waals surface area contributed by atoms with Gasteiger partial charge in [-0.3, -0.25) is 18.9 Å². The van der Waals surface area contributed by atoms with Gasteiger partial charge in [-0.15, -0.1) is 6.42 Å². The van der Waals surface area contributed by atoms with E-state index in [-0.39, 0.29) is 38.4 Å². The Morgan fingerprint density at radius 2 is 1.70 bits per heavy atom. The molecule has 0 aliphatic heterocycles. The molecule has 40 heavy (non-hydrogen) atoms. The van der Waals surface area contributed by atoms with Crippen molar-refractivity contribution in [3.8, 4) is 12.3 Å². The van der Waals surface area contributed by atoms with E-state index in [9.17, 15) is 27.4 Å². The van der Waals surface area contributed by atoms with Crippen LogP contribution in [0.25, 0.3) is 0 Å². The highest BCUT2D eigenvalue weighted by molar-refractivity contribution is 8.76. The van der Waals surface area contributed by atoms with Crippen molar-refractivity contribution in [2.24, 2.45) is 0 Å². The van der Waals surface area contributed by atoms with Crippen LogP contribution in [0.15, 0.2) is 48.5 Å². The minimum absolute atomic E-state index is 0.0181. The lowest BCUT2D eigenvalue weighted by molar-refractivity contribution is -0.121. The molecule has 0 fully saturated rings. The lowest BCUT2D eigenvalue weighted by Crippen LogP contribution is -2.47. The number of para-hydroxylation sites is 1. The van der Waals surface area contributed by atoms with E-state index in [4.69, 9.17) is 11.5 Å². The standard InChI is InChI=1S/C27H33N3O7S3/c1-3-21-9-5-6-10-22(21)19-30(23-11-7-4-8-20(23)2)26(33)12-14-28-27(34)24(40(35,36)37)18-29-25(32)13-16-38-39-17-15-31/h1,4-11,24,31H,12-19H2,2H3,(H,28,34)(H,29,32)(H,35,36,37). The van der Waals surface area contributed by atoms with Crippen LogP contribution < -0.4 is 15.5 Å².